The Morgan fingerprint density at radius 3 is 2.82 bits per heavy atom. The molecule has 1 fully saturated rings. The third-order valence-electron chi connectivity index (χ3n) is 3.06. The Morgan fingerprint density at radius 2 is 2.24 bits per heavy atom. The van der Waals surface area contributed by atoms with Crippen molar-refractivity contribution >= 4 is 11.6 Å². The van der Waals surface area contributed by atoms with Crippen molar-refractivity contribution in [1.82, 2.24) is 4.90 Å². The van der Waals surface area contributed by atoms with Crippen LogP contribution in [0.5, 0.6) is 0 Å². The number of nitrogens with two attached hydrogens (primary N) is 1. The van der Waals surface area contributed by atoms with Crippen LogP contribution < -0.4 is 5.73 Å². The maximum Gasteiger partial charge on any atom is 0.225 e. The van der Waals surface area contributed by atoms with Gasteiger partial charge in [0.25, 0.3) is 0 Å². The van der Waals surface area contributed by atoms with Gasteiger partial charge in [-0.1, -0.05) is 19.1 Å². The minimum absolute atomic E-state index is 0.294. The molecule has 1 aromatic rings. The van der Waals surface area contributed by atoms with E-state index in [4.69, 9.17) is 5.73 Å². The van der Waals surface area contributed by atoms with Gasteiger partial charge in [0.15, 0.2) is 0 Å². The number of nitrogen functional groups attached to an aromatic ring is 1. The Kier molecular flexibility index (Phi) is 3.67. The van der Waals surface area contributed by atoms with E-state index in [0.717, 1.165) is 37.1 Å². The highest BCUT2D eigenvalue weighted by molar-refractivity contribution is 5.81. The Labute approximate surface area is 103 Å². The van der Waals surface area contributed by atoms with Crippen LogP contribution in [0.3, 0.4) is 0 Å². The monoisotopic (exact) mass is 232 g/mol. The van der Waals surface area contributed by atoms with Gasteiger partial charge in [0, 0.05) is 24.7 Å². The van der Waals surface area contributed by atoms with E-state index in [-0.39, 0.29) is 0 Å². The summed E-state index contributed by atoms with van der Waals surface area (Å²) in [6.07, 6.45) is 3.13. The van der Waals surface area contributed by atoms with Crippen LogP contribution in [0.2, 0.25) is 0 Å². The Bertz CT molecular complexity index is 399. The first-order valence-electron chi connectivity index (χ1n) is 6.34. The molecule has 0 spiro atoms. The summed E-state index contributed by atoms with van der Waals surface area (Å²) < 4.78 is 0. The van der Waals surface area contributed by atoms with Crippen molar-refractivity contribution in [3.8, 4) is 0 Å². The summed E-state index contributed by atoms with van der Waals surface area (Å²) in [5.41, 5.74) is 7.63. The fourth-order valence-corrected chi connectivity index (χ4v) is 2.04. The number of rotatable bonds is 5. The SMILES string of the molecule is CCCN(Cc1cccc(N)c1)C(=O)C1CC1. The quantitative estimate of drug-likeness (QED) is 0.792. The van der Waals surface area contributed by atoms with E-state index in [0.29, 0.717) is 18.4 Å². The van der Waals surface area contributed by atoms with E-state index in [2.05, 4.69) is 6.92 Å². The van der Waals surface area contributed by atoms with Crippen LogP contribution in [0.1, 0.15) is 31.7 Å². The molecule has 1 saturated carbocycles. The predicted octanol–water partition coefficient (Wildman–Crippen LogP) is 2.42. The molecule has 1 aromatic carbocycles. The van der Waals surface area contributed by atoms with Gasteiger partial charge in [-0.05, 0) is 37.0 Å². The van der Waals surface area contributed by atoms with Crippen molar-refractivity contribution in [2.45, 2.75) is 32.7 Å². The normalized spacial score (nSPS) is 14.6. The van der Waals surface area contributed by atoms with Gasteiger partial charge >= 0.3 is 0 Å². The number of carbonyl (C=O) groups excluding carboxylic acids is 1. The highest BCUT2D eigenvalue weighted by atomic mass is 16.2. The molecule has 0 saturated heterocycles. The number of benzene rings is 1. The molecule has 0 radical (unpaired) electrons. The lowest BCUT2D eigenvalue weighted by molar-refractivity contribution is -0.133. The fraction of sp³-hybridized carbons (Fsp3) is 0.500. The molecule has 0 aliphatic heterocycles. The van der Waals surface area contributed by atoms with Crippen LogP contribution in [0.15, 0.2) is 24.3 Å². The maximum absolute atomic E-state index is 12.1. The summed E-state index contributed by atoms with van der Waals surface area (Å²) in [5, 5.41) is 0. The van der Waals surface area contributed by atoms with Gasteiger partial charge in [-0.15, -0.1) is 0 Å². The zero-order chi connectivity index (χ0) is 12.3. The Balaban J connectivity index is 2.03. The van der Waals surface area contributed by atoms with Gasteiger partial charge in [-0.3, -0.25) is 4.79 Å². The van der Waals surface area contributed by atoms with Crippen molar-refractivity contribution in [1.29, 1.82) is 0 Å². The topological polar surface area (TPSA) is 46.3 Å². The molecule has 17 heavy (non-hydrogen) atoms. The molecule has 3 nitrogen and oxygen atoms in total. The second kappa shape index (κ2) is 5.21. The molecule has 1 aliphatic rings. The van der Waals surface area contributed by atoms with Gasteiger partial charge in [0.05, 0.1) is 0 Å². The largest absolute Gasteiger partial charge is 0.399 e. The van der Waals surface area contributed by atoms with E-state index in [9.17, 15) is 4.79 Å². The van der Waals surface area contributed by atoms with Crippen LogP contribution in [0.4, 0.5) is 5.69 Å². The van der Waals surface area contributed by atoms with Crippen LogP contribution in [-0.2, 0) is 11.3 Å². The lowest BCUT2D eigenvalue weighted by atomic mass is 10.1. The van der Waals surface area contributed by atoms with E-state index in [1.165, 1.54) is 0 Å². The highest BCUT2D eigenvalue weighted by Crippen LogP contribution is 2.31. The second-order valence-corrected chi connectivity index (χ2v) is 4.78. The highest BCUT2D eigenvalue weighted by Gasteiger charge is 2.32. The van der Waals surface area contributed by atoms with Crippen LogP contribution in [0, 0.1) is 5.92 Å². The molecule has 2 rings (SSSR count). The first-order valence-corrected chi connectivity index (χ1v) is 6.34. The average molecular weight is 232 g/mol. The van der Waals surface area contributed by atoms with Crippen molar-refractivity contribution in [3.63, 3.8) is 0 Å². The maximum atomic E-state index is 12.1. The Hall–Kier alpha value is -1.51. The molecule has 1 amide bonds. The van der Waals surface area contributed by atoms with Crippen molar-refractivity contribution in [2.75, 3.05) is 12.3 Å². The van der Waals surface area contributed by atoms with Crippen molar-refractivity contribution < 1.29 is 4.79 Å². The number of anilines is 1. The lowest BCUT2D eigenvalue weighted by Gasteiger charge is -2.22. The molecular weight excluding hydrogens is 212 g/mol. The molecular formula is C14H20N2O. The first kappa shape index (κ1) is 12.0. The number of carbonyl (C=O) groups is 1. The lowest BCUT2D eigenvalue weighted by Crippen LogP contribution is -2.32. The van der Waals surface area contributed by atoms with Crippen LogP contribution >= 0.6 is 0 Å². The number of nitrogens with zero attached hydrogens (tertiary/aromatic N) is 1. The third kappa shape index (κ3) is 3.22. The fourth-order valence-electron chi connectivity index (χ4n) is 2.04. The summed E-state index contributed by atoms with van der Waals surface area (Å²) >= 11 is 0. The van der Waals surface area contributed by atoms with Gasteiger partial charge in [0.2, 0.25) is 5.91 Å². The van der Waals surface area contributed by atoms with Gasteiger partial charge in [0.1, 0.15) is 0 Å². The molecule has 1 aliphatic carbocycles. The molecule has 0 aromatic heterocycles. The molecule has 0 heterocycles. The first-order chi connectivity index (χ1) is 8.20. The molecule has 92 valence electrons. The van der Waals surface area contributed by atoms with Gasteiger partial charge in [-0.25, -0.2) is 0 Å². The second-order valence-electron chi connectivity index (χ2n) is 4.78. The van der Waals surface area contributed by atoms with Crippen LogP contribution in [0.25, 0.3) is 0 Å². The summed E-state index contributed by atoms with van der Waals surface area (Å²) in [7, 11) is 0. The standard InChI is InChI=1S/C14H20N2O/c1-2-8-16(14(17)12-6-7-12)10-11-4-3-5-13(15)9-11/h3-5,9,12H,2,6-8,10,15H2,1H3. The van der Waals surface area contributed by atoms with Crippen molar-refractivity contribution in [3.05, 3.63) is 29.8 Å². The summed E-state index contributed by atoms with van der Waals surface area (Å²) in [4.78, 5) is 14.0. The summed E-state index contributed by atoms with van der Waals surface area (Å²) in [5.74, 6) is 0.608. The molecule has 0 unspecified atom stereocenters. The van der Waals surface area contributed by atoms with E-state index in [1.807, 2.05) is 29.2 Å². The zero-order valence-electron chi connectivity index (χ0n) is 10.4. The van der Waals surface area contributed by atoms with Gasteiger partial charge in [-0.2, -0.15) is 0 Å². The average Bonchev–Trinajstić information content (AvgIpc) is 3.11. The van der Waals surface area contributed by atoms with E-state index >= 15 is 0 Å². The molecule has 0 bridgehead atoms. The summed E-state index contributed by atoms with van der Waals surface area (Å²) in [6, 6.07) is 7.79. The molecule has 0 atom stereocenters. The van der Waals surface area contributed by atoms with Gasteiger partial charge < -0.3 is 10.6 Å². The van der Waals surface area contributed by atoms with E-state index < -0.39 is 0 Å². The summed E-state index contributed by atoms with van der Waals surface area (Å²) in [6.45, 7) is 3.63. The molecule has 3 heteroatoms. The number of hydrogen-bond acceptors (Lipinski definition) is 2. The molecule has 2 N–H and O–H groups in total. The smallest absolute Gasteiger partial charge is 0.225 e. The Morgan fingerprint density at radius 1 is 1.47 bits per heavy atom. The number of amides is 1. The predicted molar refractivity (Wildman–Crippen MR) is 69.3 cm³/mol. The zero-order valence-corrected chi connectivity index (χ0v) is 10.4. The minimum atomic E-state index is 0.294. The third-order valence-corrected chi connectivity index (χ3v) is 3.06. The van der Waals surface area contributed by atoms with Crippen molar-refractivity contribution in [2.24, 2.45) is 5.92 Å². The minimum Gasteiger partial charge on any atom is -0.399 e. The van der Waals surface area contributed by atoms with E-state index in [1.54, 1.807) is 0 Å². The number of hydrogen-bond donors (Lipinski definition) is 1. The van der Waals surface area contributed by atoms with Crippen LogP contribution in [-0.4, -0.2) is 17.4 Å².